The highest BCUT2D eigenvalue weighted by Gasteiger charge is 2.17. The van der Waals surface area contributed by atoms with Crippen molar-refractivity contribution in [2.75, 3.05) is 6.61 Å². The van der Waals surface area contributed by atoms with Gasteiger partial charge in [-0.05, 0) is 54.2 Å². The minimum atomic E-state index is -0.978. The molecule has 0 fully saturated rings. The molecule has 0 radical (unpaired) electrons. The van der Waals surface area contributed by atoms with Gasteiger partial charge < -0.3 is 9.84 Å². The van der Waals surface area contributed by atoms with E-state index in [0.717, 1.165) is 40.8 Å². The van der Waals surface area contributed by atoms with E-state index in [9.17, 15) is 4.79 Å². The maximum Gasteiger partial charge on any atom is 0.341 e. The third-order valence-electron chi connectivity index (χ3n) is 5.47. The first-order valence-electron chi connectivity index (χ1n) is 11.0. The van der Waals surface area contributed by atoms with E-state index in [0.29, 0.717) is 5.75 Å². The highest BCUT2D eigenvalue weighted by Crippen LogP contribution is 2.32. The third kappa shape index (κ3) is 5.90. The van der Waals surface area contributed by atoms with E-state index >= 15 is 0 Å². The number of benzene rings is 3. The average molecular weight is 442 g/mol. The second-order valence-corrected chi connectivity index (χ2v) is 7.97. The number of carboxylic acid groups (broad SMARTS) is 1. The molecule has 0 amide bonds. The Bertz CT molecular complexity index is 1110. The van der Waals surface area contributed by atoms with Gasteiger partial charge in [-0.1, -0.05) is 78.9 Å². The first-order chi connectivity index (χ1) is 16.1. The molecule has 2 N–H and O–H groups in total. The number of ether oxygens (including phenoxy) is 1. The molecule has 3 aromatic carbocycles. The molecular formula is C28H27NO4. The number of carbonyl (C=O) groups is 1. The van der Waals surface area contributed by atoms with Gasteiger partial charge in [0.15, 0.2) is 6.61 Å². The molecule has 4 rings (SSSR count). The Balaban J connectivity index is 1.48. The lowest BCUT2D eigenvalue weighted by molar-refractivity contribution is -0.139. The zero-order valence-corrected chi connectivity index (χ0v) is 18.5. The summed E-state index contributed by atoms with van der Waals surface area (Å²) in [7, 11) is 0. The van der Waals surface area contributed by atoms with Crippen molar-refractivity contribution >= 4 is 12.0 Å². The first kappa shape index (κ1) is 22.4. The van der Waals surface area contributed by atoms with Crippen LogP contribution in [-0.4, -0.2) is 17.7 Å². The van der Waals surface area contributed by atoms with Gasteiger partial charge in [0.25, 0.3) is 0 Å². The van der Waals surface area contributed by atoms with Gasteiger partial charge in [0, 0.05) is 11.3 Å². The summed E-state index contributed by atoms with van der Waals surface area (Å²) in [5, 5.41) is 8.89. The van der Waals surface area contributed by atoms with Crippen LogP contribution < -0.4 is 10.2 Å². The maximum absolute atomic E-state index is 10.8. The Kier molecular flexibility index (Phi) is 7.22. The monoisotopic (exact) mass is 441 g/mol. The molecule has 0 atom stereocenters. The van der Waals surface area contributed by atoms with Crippen molar-refractivity contribution in [3.8, 4) is 5.75 Å². The highest BCUT2D eigenvalue weighted by atomic mass is 16.7. The minimum absolute atomic E-state index is 0.231. The van der Waals surface area contributed by atoms with Crippen molar-refractivity contribution in [1.82, 2.24) is 5.48 Å². The molecule has 0 aliphatic heterocycles. The van der Waals surface area contributed by atoms with Gasteiger partial charge in [0.05, 0.1) is 0 Å². The van der Waals surface area contributed by atoms with E-state index in [-0.39, 0.29) is 12.7 Å². The Morgan fingerprint density at radius 2 is 1.64 bits per heavy atom. The fourth-order valence-corrected chi connectivity index (χ4v) is 3.96. The van der Waals surface area contributed by atoms with E-state index in [4.69, 9.17) is 14.7 Å². The van der Waals surface area contributed by atoms with Crippen LogP contribution in [0.15, 0.2) is 96.2 Å². The van der Waals surface area contributed by atoms with Crippen molar-refractivity contribution in [3.05, 3.63) is 118 Å². The fourth-order valence-electron chi connectivity index (χ4n) is 3.96. The topological polar surface area (TPSA) is 67.8 Å². The number of hydrogen-bond acceptors (Lipinski definition) is 4. The van der Waals surface area contributed by atoms with Crippen LogP contribution in [0.4, 0.5) is 0 Å². The molecule has 0 heterocycles. The molecule has 0 saturated carbocycles. The number of aliphatic carboxylic acids is 1. The summed E-state index contributed by atoms with van der Waals surface area (Å²) in [6.45, 7) is 1.65. The molecule has 0 unspecified atom stereocenters. The van der Waals surface area contributed by atoms with Crippen molar-refractivity contribution in [2.24, 2.45) is 0 Å². The summed E-state index contributed by atoms with van der Waals surface area (Å²) in [5.41, 5.74) is 9.44. The van der Waals surface area contributed by atoms with Crippen LogP contribution in [0.5, 0.6) is 5.75 Å². The summed E-state index contributed by atoms with van der Waals surface area (Å²) in [6, 6.07) is 26.0. The molecule has 33 heavy (non-hydrogen) atoms. The number of hydroxylamine groups is 1. The Labute approximate surface area is 193 Å². The molecule has 1 aliphatic carbocycles. The molecular weight excluding hydrogens is 414 g/mol. The van der Waals surface area contributed by atoms with Crippen LogP contribution in [0.25, 0.3) is 6.08 Å². The van der Waals surface area contributed by atoms with E-state index in [1.54, 1.807) is 0 Å². The zero-order valence-electron chi connectivity index (χ0n) is 18.5. The molecule has 3 aromatic rings. The maximum atomic E-state index is 10.8. The molecule has 1 aliphatic rings. The summed E-state index contributed by atoms with van der Waals surface area (Å²) >= 11 is 0. The number of rotatable bonds is 9. The normalized spacial score (nSPS) is 13.3. The predicted octanol–water partition coefficient (Wildman–Crippen LogP) is 5.69. The van der Waals surface area contributed by atoms with Crippen LogP contribution in [0.1, 0.15) is 41.7 Å². The minimum Gasteiger partial charge on any atom is -0.482 e. The van der Waals surface area contributed by atoms with E-state index in [2.05, 4.69) is 41.9 Å². The average Bonchev–Trinajstić information content (AvgIpc) is 2.84. The SMILES string of the molecule is CC(=CC1=Cc2cccc(OCC(=O)O)c2CC1)NOC(c1ccccc1)c1ccccc1. The molecule has 5 nitrogen and oxygen atoms in total. The van der Waals surface area contributed by atoms with Gasteiger partial charge in [-0.2, -0.15) is 0 Å². The standard InChI is InChI=1S/C28H27NO4/c1-20(29-33-28(22-9-4-2-5-10-22)23-11-6-3-7-12-23)17-21-15-16-25-24(18-21)13-8-14-26(25)32-19-27(30)31/h2-14,17-18,28-29H,15-16,19H2,1H3,(H,30,31). The number of carboxylic acids is 1. The van der Waals surface area contributed by atoms with Crippen molar-refractivity contribution < 1.29 is 19.5 Å². The molecule has 0 spiro atoms. The van der Waals surface area contributed by atoms with Crippen LogP contribution in [0, 0.1) is 0 Å². The zero-order chi connectivity index (χ0) is 23.0. The smallest absolute Gasteiger partial charge is 0.341 e. The van der Waals surface area contributed by atoms with Crippen LogP contribution in [0.2, 0.25) is 0 Å². The lowest BCUT2D eigenvalue weighted by Crippen LogP contribution is -2.18. The van der Waals surface area contributed by atoms with Crippen LogP contribution >= 0.6 is 0 Å². The van der Waals surface area contributed by atoms with E-state index in [1.807, 2.05) is 61.5 Å². The summed E-state index contributed by atoms with van der Waals surface area (Å²) in [5.74, 6) is -0.338. The third-order valence-corrected chi connectivity index (χ3v) is 5.47. The predicted molar refractivity (Wildman–Crippen MR) is 129 cm³/mol. The summed E-state index contributed by atoms with van der Waals surface area (Å²) < 4.78 is 5.45. The van der Waals surface area contributed by atoms with Gasteiger partial charge in [-0.15, -0.1) is 0 Å². The number of fused-ring (bicyclic) bond motifs is 1. The Hall–Kier alpha value is -3.83. The summed E-state index contributed by atoms with van der Waals surface area (Å²) in [6.07, 6.45) is 5.59. The molecule has 5 heteroatoms. The van der Waals surface area contributed by atoms with Crippen molar-refractivity contribution in [2.45, 2.75) is 25.9 Å². The first-order valence-corrected chi connectivity index (χ1v) is 11.0. The number of nitrogens with one attached hydrogen (secondary N) is 1. The number of allylic oxidation sites excluding steroid dienone is 3. The van der Waals surface area contributed by atoms with Crippen molar-refractivity contribution in [3.63, 3.8) is 0 Å². The lowest BCUT2D eigenvalue weighted by atomic mass is 9.91. The van der Waals surface area contributed by atoms with E-state index < -0.39 is 5.97 Å². The van der Waals surface area contributed by atoms with Gasteiger partial charge >= 0.3 is 5.97 Å². The Morgan fingerprint density at radius 3 is 2.27 bits per heavy atom. The molecule has 0 aromatic heterocycles. The Morgan fingerprint density at radius 1 is 0.970 bits per heavy atom. The molecule has 168 valence electrons. The van der Waals surface area contributed by atoms with Gasteiger partial charge in [-0.25, -0.2) is 4.79 Å². The molecule has 0 bridgehead atoms. The second-order valence-electron chi connectivity index (χ2n) is 7.97. The number of hydrogen-bond donors (Lipinski definition) is 2. The highest BCUT2D eigenvalue weighted by molar-refractivity contribution is 5.69. The van der Waals surface area contributed by atoms with Gasteiger partial charge in [0.1, 0.15) is 11.9 Å². The van der Waals surface area contributed by atoms with E-state index in [1.165, 1.54) is 5.57 Å². The van der Waals surface area contributed by atoms with Crippen molar-refractivity contribution in [1.29, 1.82) is 0 Å². The second kappa shape index (κ2) is 10.7. The van der Waals surface area contributed by atoms with Gasteiger partial charge in [0.2, 0.25) is 0 Å². The lowest BCUT2D eigenvalue weighted by Gasteiger charge is -2.21. The summed E-state index contributed by atoms with van der Waals surface area (Å²) in [4.78, 5) is 17.0. The quantitative estimate of drug-likeness (QED) is 0.417. The largest absolute Gasteiger partial charge is 0.482 e. The van der Waals surface area contributed by atoms with Crippen LogP contribution in [-0.2, 0) is 16.1 Å². The van der Waals surface area contributed by atoms with Gasteiger partial charge in [-0.3, -0.25) is 10.3 Å². The van der Waals surface area contributed by atoms with Crippen LogP contribution in [0.3, 0.4) is 0 Å². The fraction of sp³-hybridized carbons (Fsp3) is 0.179. The molecule has 0 saturated heterocycles.